The number of rotatable bonds is 6. The van der Waals surface area contributed by atoms with E-state index in [4.69, 9.17) is 5.11 Å². The summed E-state index contributed by atoms with van der Waals surface area (Å²) in [4.78, 5) is 10.9. The van der Waals surface area contributed by atoms with Crippen LogP contribution in [0.25, 0.3) is 0 Å². The minimum absolute atomic E-state index is 0.258. The normalized spacial score (nSPS) is 12.1. The van der Waals surface area contributed by atoms with Gasteiger partial charge in [0.05, 0.1) is 11.7 Å². The SMILES string of the molecule is CCC(O)CCNc1ccccc1C(=O)O. The minimum Gasteiger partial charge on any atom is -0.478 e. The zero-order valence-corrected chi connectivity index (χ0v) is 9.31. The first-order valence-corrected chi connectivity index (χ1v) is 5.39. The average molecular weight is 223 g/mol. The summed E-state index contributed by atoms with van der Waals surface area (Å²) in [6, 6.07) is 6.75. The number of aromatic carboxylic acids is 1. The zero-order chi connectivity index (χ0) is 12.0. The Bertz CT molecular complexity index is 352. The molecule has 0 bridgehead atoms. The summed E-state index contributed by atoms with van der Waals surface area (Å²) in [5, 5.41) is 21.3. The summed E-state index contributed by atoms with van der Waals surface area (Å²) >= 11 is 0. The Kier molecular flexibility index (Phi) is 4.79. The lowest BCUT2D eigenvalue weighted by molar-refractivity contribution is 0.0698. The highest BCUT2D eigenvalue weighted by atomic mass is 16.4. The largest absolute Gasteiger partial charge is 0.478 e. The van der Waals surface area contributed by atoms with Crippen LogP contribution in [0.4, 0.5) is 5.69 Å². The third-order valence-corrected chi connectivity index (χ3v) is 2.42. The summed E-state index contributed by atoms with van der Waals surface area (Å²) < 4.78 is 0. The van der Waals surface area contributed by atoms with Crippen LogP contribution >= 0.6 is 0 Å². The predicted octanol–water partition coefficient (Wildman–Crippen LogP) is 1.96. The first-order chi connectivity index (χ1) is 7.65. The molecule has 0 aliphatic rings. The Balaban J connectivity index is 2.56. The van der Waals surface area contributed by atoms with Crippen LogP contribution in [0.5, 0.6) is 0 Å². The number of aliphatic hydroxyl groups excluding tert-OH is 1. The molecule has 4 nitrogen and oxygen atoms in total. The molecule has 0 saturated carbocycles. The molecule has 0 aliphatic carbocycles. The van der Waals surface area contributed by atoms with Gasteiger partial charge in [-0.15, -0.1) is 0 Å². The van der Waals surface area contributed by atoms with E-state index in [2.05, 4.69) is 5.32 Å². The van der Waals surface area contributed by atoms with Gasteiger partial charge in [-0.05, 0) is 25.0 Å². The van der Waals surface area contributed by atoms with Crippen molar-refractivity contribution in [2.75, 3.05) is 11.9 Å². The van der Waals surface area contributed by atoms with Gasteiger partial charge in [0.2, 0.25) is 0 Å². The van der Waals surface area contributed by atoms with Gasteiger partial charge in [0.25, 0.3) is 0 Å². The van der Waals surface area contributed by atoms with E-state index >= 15 is 0 Å². The second-order valence-corrected chi connectivity index (χ2v) is 3.63. The van der Waals surface area contributed by atoms with Crippen LogP contribution in [0, 0.1) is 0 Å². The van der Waals surface area contributed by atoms with Crippen molar-refractivity contribution in [3.05, 3.63) is 29.8 Å². The Hall–Kier alpha value is -1.55. The van der Waals surface area contributed by atoms with Crippen LogP contribution in [0.2, 0.25) is 0 Å². The van der Waals surface area contributed by atoms with E-state index in [9.17, 15) is 9.90 Å². The van der Waals surface area contributed by atoms with Crippen LogP contribution in [0.3, 0.4) is 0 Å². The number of carboxylic acids is 1. The number of carbonyl (C=O) groups is 1. The maximum atomic E-state index is 10.9. The van der Waals surface area contributed by atoms with Gasteiger partial charge >= 0.3 is 5.97 Å². The minimum atomic E-state index is -0.945. The lowest BCUT2D eigenvalue weighted by atomic mass is 10.1. The van der Waals surface area contributed by atoms with Crippen molar-refractivity contribution in [2.24, 2.45) is 0 Å². The van der Waals surface area contributed by atoms with Crippen LogP contribution in [-0.4, -0.2) is 28.8 Å². The molecule has 0 aromatic heterocycles. The number of para-hydroxylation sites is 1. The van der Waals surface area contributed by atoms with E-state index in [1.54, 1.807) is 24.3 Å². The second kappa shape index (κ2) is 6.12. The molecule has 0 fully saturated rings. The van der Waals surface area contributed by atoms with E-state index in [0.717, 1.165) is 0 Å². The molecule has 4 heteroatoms. The second-order valence-electron chi connectivity index (χ2n) is 3.63. The first kappa shape index (κ1) is 12.5. The Morgan fingerprint density at radius 3 is 2.75 bits per heavy atom. The molecule has 0 aliphatic heterocycles. The third-order valence-electron chi connectivity index (χ3n) is 2.42. The molecular formula is C12H17NO3. The molecule has 1 aromatic rings. The molecule has 0 heterocycles. The molecule has 1 unspecified atom stereocenters. The van der Waals surface area contributed by atoms with Gasteiger partial charge in [-0.2, -0.15) is 0 Å². The highest BCUT2D eigenvalue weighted by Crippen LogP contribution is 2.14. The lowest BCUT2D eigenvalue weighted by Crippen LogP contribution is -2.13. The lowest BCUT2D eigenvalue weighted by Gasteiger charge is -2.11. The number of carboxylic acid groups (broad SMARTS) is 1. The van der Waals surface area contributed by atoms with Crippen molar-refractivity contribution >= 4 is 11.7 Å². The summed E-state index contributed by atoms with van der Waals surface area (Å²) in [7, 11) is 0. The summed E-state index contributed by atoms with van der Waals surface area (Å²) in [5.41, 5.74) is 0.854. The number of hydrogen-bond donors (Lipinski definition) is 3. The molecule has 0 amide bonds. The Labute approximate surface area is 94.9 Å². The van der Waals surface area contributed by atoms with Gasteiger partial charge in [-0.25, -0.2) is 4.79 Å². The third kappa shape index (κ3) is 3.55. The quantitative estimate of drug-likeness (QED) is 0.689. The predicted molar refractivity (Wildman–Crippen MR) is 62.8 cm³/mol. The highest BCUT2D eigenvalue weighted by molar-refractivity contribution is 5.94. The number of benzene rings is 1. The van der Waals surface area contributed by atoms with Gasteiger partial charge in [0, 0.05) is 12.2 Å². The first-order valence-electron chi connectivity index (χ1n) is 5.39. The van der Waals surface area contributed by atoms with Crippen molar-refractivity contribution in [3.63, 3.8) is 0 Å². The van der Waals surface area contributed by atoms with E-state index in [1.807, 2.05) is 6.92 Å². The fourth-order valence-corrected chi connectivity index (χ4v) is 1.40. The Morgan fingerprint density at radius 2 is 2.12 bits per heavy atom. The molecule has 16 heavy (non-hydrogen) atoms. The van der Waals surface area contributed by atoms with Crippen molar-refractivity contribution in [2.45, 2.75) is 25.9 Å². The van der Waals surface area contributed by atoms with Crippen LogP contribution < -0.4 is 5.32 Å². The fourth-order valence-electron chi connectivity index (χ4n) is 1.40. The summed E-state index contributed by atoms with van der Waals surface area (Å²) in [6.45, 7) is 2.48. The highest BCUT2D eigenvalue weighted by Gasteiger charge is 2.08. The molecule has 1 atom stereocenters. The van der Waals surface area contributed by atoms with Crippen LogP contribution in [-0.2, 0) is 0 Å². The molecule has 0 radical (unpaired) electrons. The van der Waals surface area contributed by atoms with Crippen molar-refractivity contribution in [1.82, 2.24) is 0 Å². The average Bonchev–Trinajstić information content (AvgIpc) is 2.29. The topological polar surface area (TPSA) is 69.6 Å². The van der Waals surface area contributed by atoms with Crippen molar-refractivity contribution in [3.8, 4) is 0 Å². The summed E-state index contributed by atoms with van der Waals surface area (Å²) in [6.07, 6.45) is 0.997. The molecular weight excluding hydrogens is 206 g/mol. The maximum absolute atomic E-state index is 10.9. The van der Waals surface area contributed by atoms with E-state index in [-0.39, 0.29) is 11.7 Å². The smallest absolute Gasteiger partial charge is 0.337 e. The van der Waals surface area contributed by atoms with E-state index < -0.39 is 5.97 Å². The van der Waals surface area contributed by atoms with Gasteiger partial charge < -0.3 is 15.5 Å². The maximum Gasteiger partial charge on any atom is 0.337 e. The number of anilines is 1. The monoisotopic (exact) mass is 223 g/mol. The van der Waals surface area contributed by atoms with E-state index in [0.29, 0.717) is 25.1 Å². The summed E-state index contributed by atoms with van der Waals surface area (Å²) in [5.74, 6) is -0.945. The fraction of sp³-hybridized carbons (Fsp3) is 0.417. The van der Waals surface area contributed by atoms with Gasteiger partial charge in [0.1, 0.15) is 0 Å². The van der Waals surface area contributed by atoms with Crippen LogP contribution in [0.1, 0.15) is 30.1 Å². The van der Waals surface area contributed by atoms with Gasteiger partial charge in [0.15, 0.2) is 0 Å². The number of aliphatic hydroxyl groups is 1. The molecule has 88 valence electrons. The van der Waals surface area contributed by atoms with Crippen molar-refractivity contribution in [1.29, 1.82) is 0 Å². The molecule has 0 spiro atoms. The molecule has 3 N–H and O–H groups in total. The van der Waals surface area contributed by atoms with Gasteiger partial charge in [-0.3, -0.25) is 0 Å². The number of hydrogen-bond acceptors (Lipinski definition) is 3. The van der Waals surface area contributed by atoms with Crippen LogP contribution in [0.15, 0.2) is 24.3 Å². The zero-order valence-electron chi connectivity index (χ0n) is 9.31. The van der Waals surface area contributed by atoms with Gasteiger partial charge in [-0.1, -0.05) is 19.1 Å². The standard InChI is InChI=1S/C12H17NO3/c1-2-9(14)7-8-13-11-6-4-3-5-10(11)12(15)16/h3-6,9,13-14H,2,7-8H2,1H3,(H,15,16). The molecule has 1 aromatic carbocycles. The molecule has 0 saturated heterocycles. The number of nitrogens with one attached hydrogen (secondary N) is 1. The van der Waals surface area contributed by atoms with E-state index in [1.165, 1.54) is 0 Å². The van der Waals surface area contributed by atoms with Crippen molar-refractivity contribution < 1.29 is 15.0 Å². The Morgan fingerprint density at radius 1 is 1.44 bits per heavy atom. The molecule has 1 rings (SSSR count).